The molecule has 4 rings (SSSR count). The van der Waals surface area contributed by atoms with Crippen LogP contribution in [0.15, 0.2) is 72.1 Å². The topological polar surface area (TPSA) is 69.0 Å². The highest BCUT2D eigenvalue weighted by Gasteiger charge is 2.19. The maximum Gasteiger partial charge on any atom is 0.291 e. The number of methoxy groups -OCH3 is 1. The normalized spacial score (nSPS) is 10.8. The number of thiophene rings is 1. The maximum absolute atomic E-state index is 12.7. The van der Waals surface area contributed by atoms with Crippen LogP contribution in [0, 0.1) is 0 Å². The highest BCUT2D eigenvalue weighted by atomic mass is 32.1. The molecule has 0 bridgehead atoms. The monoisotopic (exact) mass is 404 g/mol. The molecule has 29 heavy (non-hydrogen) atoms. The van der Waals surface area contributed by atoms with Crippen molar-refractivity contribution in [2.45, 2.75) is 13.2 Å². The highest BCUT2D eigenvalue weighted by molar-refractivity contribution is 7.13. The first-order valence-electron chi connectivity index (χ1n) is 9.16. The minimum atomic E-state index is -0.307. The van der Waals surface area contributed by atoms with Gasteiger partial charge < -0.3 is 10.1 Å². The van der Waals surface area contributed by atoms with Gasteiger partial charge in [0.15, 0.2) is 5.82 Å². The molecule has 0 unspecified atom stereocenters. The fourth-order valence-electron chi connectivity index (χ4n) is 2.90. The average molecular weight is 404 g/mol. The zero-order chi connectivity index (χ0) is 20.1. The van der Waals surface area contributed by atoms with Gasteiger partial charge in [-0.2, -0.15) is 0 Å². The molecule has 0 radical (unpaired) electrons. The summed E-state index contributed by atoms with van der Waals surface area (Å²) in [6.45, 7) is 0.972. The zero-order valence-corrected chi connectivity index (χ0v) is 16.7. The number of hydrogen-bond donors (Lipinski definition) is 1. The van der Waals surface area contributed by atoms with E-state index in [0.29, 0.717) is 19.0 Å². The molecule has 0 aliphatic carbocycles. The van der Waals surface area contributed by atoms with E-state index in [1.165, 1.54) is 0 Å². The number of rotatable bonds is 7. The fraction of sp³-hybridized carbons (Fsp3) is 0.136. The SMILES string of the molecule is COCc1ccc(CNC(=O)c2nc(-c3cccs3)n(-c3ccccc3)n2)cc1. The minimum Gasteiger partial charge on any atom is -0.380 e. The van der Waals surface area contributed by atoms with Gasteiger partial charge in [-0.1, -0.05) is 48.5 Å². The van der Waals surface area contributed by atoms with Crippen LogP contribution in [-0.2, 0) is 17.9 Å². The Hall–Kier alpha value is -3.29. The first-order valence-corrected chi connectivity index (χ1v) is 10.0. The highest BCUT2D eigenvalue weighted by Crippen LogP contribution is 2.25. The number of ether oxygens (including phenoxy) is 1. The second-order valence-electron chi connectivity index (χ2n) is 6.42. The van der Waals surface area contributed by atoms with Crippen LogP contribution in [0.2, 0.25) is 0 Å². The second kappa shape index (κ2) is 8.81. The molecule has 0 saturated carbocycles. The Kier molecular flexibility index (Phi) is 5.79. The molecule has 146 valence electrons. The van der Waals surface area contributed by atoms with Crippen molar-refractivity contribution < 1.29 is 9.53 Å². The number of aromatic nitrogens is 3. The van der Waals surface area contributed by atoms with Gasteiger partial charge in [-0.05, 0) is 34.7 Å². The summed E-state index contributed by atoms with van der Waals surface area (Å²) >= 11 is 1.56. The number of carbonyl (C=O) groups is 1. The lowest BCUT2D eigenvalue weighted by Gasteiger charge is -2.05. The summed E-state index contributed by atoms with van der Waals surface area (Å²) in [5.41, 5.74) is 2.95. The molecular weight excluding hydrogens is 384 g/mol. The van der Waals surface area contributed by atoms with Crippen LogP contribution in [0.4, 0.5) is 0 Å². The fourth-order valence-corrected chi connectivity index (χ4v) is 3.60. The van der Waals surface area contributed by atoms with E-state index >= 15 is 0 Å². The second-order valence-corrected chi connectivity index (χ2v) is 7.36. The number of nitrogens with one attached hydrogen (secondary N) is 1. The van der Waals surface area contributed by atoms with Crippen molar-refractivity contribution in [2.75, 3.05) is 7.11 Å². The molecule has 0 spiro atoms. The lowest BCUT2D eigenvalue weighted by atomic mass is 10.1. The largest absolute Gasteiger partial charge is 0.380 e. The lowest BCUT2D eigenvalue weighted by Crippen LogP contribution is -2.24. The Balaban J connectivity index is 1.54. The summed E-state index contributed by atoms with van der Waals surface area (Å²) in [4.78, 5) is 18.2. The van der Waals surface area contributed by atoms with E-state index in [1.807, 2.05) is 72.1 Å². The van der Waals surface area contributed by atoms with Crippen molar-refractivity contribution in [3.05, 3.63) is 89.1 Å². The van der Waals surface area contributed by atoms with Crippen molar-refractivity contribution in [2.24, 2.45) is 0 Å². The number of carbonyl (C=O) groups excluding carboxylic acids is 1. The molecule has 0 fully saturated rings. The van der Waals surface area contributed by atoms with Crippen LogP contribution >= 0.6 is 11.3 Å². The molecule has 0 saturated heterocycles. The molecule has 7 heteroatoms. The van der Waals surface area contributed by atoms with E-state index in [9.17, 15) is 4.79 Å². The van der Waals surface area contributed by atoms with Crippen molar-refractivity contribution in [1.29, 1.82) is 0 Å². The van der Waals surface area contributed by atoms with E-state index in [2.05, 4.69) is 15.4 Å². The molecule has 4 aromatic rings. The van der Waals surface area contributed by atoms with E-state index in [4.69, 9.17) is 4.74 Å². The molecule has 2 heterocycles. The van der Waals surface area contributed by atoms with Crippen LogP contribution in [0.5, 0.6) is 0 Å². The van der Waals surface area contributed by atoms with Crippen LogP contribution < -0.4 is 5.32 Å². The van der Waals surface area contributed by atoms with Gasteiger partial charge >= 0.3 is 0 Å². The number of nitrogens with zero attached hydrogens (tertiary/aromatic N) is 3. The lowest BCUT2D eigenvalue weighted by molar-refractivity contribution is 0.0940. The standard InChI is InChI=1S/C22H20N4O2S/c1-28-15-17-11-9-16(10-12-17)14-23-22(27)20-24-21(19-8-5-13-29-19)26(25-20)18-6-3-2-4-7-18/h2-13H,14-15H2,1H3,(H,23,27). The first kappa shape index (κ1) is 19.0. The third-order valence-electron chi connectivity index (χ3n) is 4.34. The number of amides is 1. The molecule has 0 aliphatic rings. The van der Waals surface area contributed by atoms with Gasteiger partial charge in [0.1, 0.15) is 0 Å². The number of para-hydroxylation sites is 1. The van der Waals surface area contributed by atoms with Gasteiger partial charge in [0, 0.05) is 13.7 Å². The minimum absolute atomic E-state index is 0.147. The van der Waals surface area contributed by atoms with Gasteiger partial charge in [-0.3, -0.25) is 4.79 Å². The Morgan fingerprint density at radius 1 is 1.03 bits per heavy atom. The predicted molar refractivity (Wildman–Crippen MR) is 113 cm³/mol. The van der Waals surface area contributed by atoms with Gasteiger partial charge in [0.2, 0.25) is 5.82 Å². The summed E-state index contributed by atoms with van der Waals surface area (Å²) < 4.78 is 6.83. The molecule has 2 aromatic heterocycles. The van der Waals surface area contributed by atoms with Gasteiger partial charge in [0.05, 0.1) is 17.2 Å². The van der Waals surface area contributed by atoms with Crippen LogP contribution in [0.3, 0.4) is 0 Å². The Labute approximate surface area is 172 Å². The molecule has 2 aromatic carbocycles. The maximum atomic E-state index is 12.7. The molecule has 0 aliphatic heterocycles. The van der Waals surface area contributed by atoms with Gasteiger partial charge in [-0.15, -0.1) is 16.4 Å². The summed E-state index contributed by atoms with van der Waals surface area (Å²) in [6, 6.07) is 21.5. The number of benzene rings is 2. The number of hydrogen-bond acceptors (Lipinski definition) is 5. The van der Waals surface area contributed by atoms with E-state index < -0.39 is 0 Å². The molecule has 0 atom stereocenters. The third kappa shape index (κ3) is 4.42. The average Bonchev–Trinajstić information content (AvgIpc) is 3.44. The quantitative estimate of drug-likeness (QED) is 0.504. The zero-order valence-electron chi connectivity index (χ0n) is 15.9. The molecule has 1 N–H and O–H groups in total. The summed E-state index contributed by atoms with van der Waals surface area (Å²) in [5.74, 6) is 0.493. The van der Waals surface area contributed by atoms with Crippen LogP contribution in [0.1, 0.15) is 21.7 Å². The van der Waals surface area contributed by atoms with E-state index in [0.717, 1.165) is 21.7 Å². The van der Waals surface area contributed by atoms with Crippen LogP contribution in [0.25, 0.3) is 16.4 Å². The van der Waals surface area contributed by atoms with Crippen molar-refractivity contribution in [3.8, 4) is 16.4 Å². The van der Waals surface area contributed by atoms with Gasteiger partial charge in [-0.25, -0.2) is 9.67 Å². The van der Waals surface area contributed by atoms with Crippen molar-refractivity contribution in [3.63, 3.8) is 0 Å². The summed E-state index contributed by atoms with van der Waals surface area (Å²) in [5, 5.41) is 9.35. The summed E-state index contributed by atoms with van der Waals surface area (Å²) in [7, 11) is 1.67. The van der Waals surface area contributed by atoms with Gasteiger partial charge in [0.25, 0.3) is 5.91 Å². The van der Waals surface area contributed by atoms with E-state index in [1.54, 1.807) is 23.1 Å². The first-order chi connectivity index (χ1) is 14.2. The predicted octanol–water partition coefficient (Wildman–Crippen LogP) is 4.07. The molecular formula is C22H20N4O2S. The summed E-state index contributed by atoms with van der Waals surface area (Å²) in [6.07, 6.45) is 0. The molecule has 6 nitrogen and oxygen atoms in total. The Bertz CT molecular complexity index is 1070. The Morgan fingerprint density at radius 2 is 1.79 bits per heavy atom. The third-order valence-corrected chi connectivity index (χ3v) is 5.21. The van der Waals surface area contributed by atoms with Crippen molar-refractivity contribution in [1.82, 2.24) is 20.1 Å². The smallest absolute Gasteiger partial charge is 0.291 e. The van der Waals surface area contributed by atoms with E-state index in [-0.39, 0.29) is 11.7 Å². The Morgan fingerprint density at radius 3 is 2.48 bits per heavy atom. The van der Waals surface area contributed by atoms with Crippen molar-refractivity contribution >= 4 is 17.2 Å². The molecule has 1 amide bonds. The van der Waals surface area contributed by atoms with Crippen LogP contribution in [-0.4, -0.2) is 27.8 Å².